The molecular weight excluding hydrogens is 290 g/mol. The van der Waals surface area contributed by atoms with Gasteiger partial charge >= 0.3 is 6.09 Å². The topological polar surface area (TPSA) is 55.3 Å². The minimum Gasteiger partial charge on any atom is -0.444 e. The van der Waals surface area contributed by atoms with Crippen LogP contribution in [0.15, 0.2) is 6.07 Å². The molecule has 3 rings (SSSR count). The van der Waals surface area contributed by atoms with Crippen LogP contribution in [0.5, 0.6) is 0 Å². The van der Waals surface area contributed by atoms with Gasteiger partial charge in [-0.15, -0.1) is 0 Å². The molecule has 0 radical (unpaired) electrons. The normalized spacial score (nSPS) is 19.3. The standard InChI is InChI=1S/C15H20ClN3O2/c1-15(2,3)21-14(20)19-7-10(8-19)11-6-12(16)18-13(17-11)9-4-5-9/h6,9-10H,4-5,7-8H2,1-3H3. The largest absolute Gasteiger partial charge is 0.444 e. The predicted octanol–water partition coefficient (Wildman–Crippen LogP) is 3.34. The number of halogens is 1. The number of hydrogen-bond donors (Lipinski definition) is 0. The SMILES string of the molecule is CC(C)(C)OC(=O)N1CC(c2cc(Cl)nc(C3CC3)n2)C1. The van der Waals surface area contributed by atoms with E-state index < -0.39 is 5.60 Å². The minimum absolute atomic E-state index is 0.232. The number of nitrogens with zero attached hydrogens (tertiary/aromatic N) is 3. The number of hydrogen-bond acceptors (Lipinski definition) is 4. The second-order valence-corrected chi connectivity index (χ2v) is 7.22. The van der Waals surface area contributed by atoms with E-state index in [0.717, 1.165) is 24.4 Å². The molecule has 0 atom stereocenters. The molecule has 0 aromatic carbocycles. The summed E-state index contributed by atoms with van der Waals surface area (Å²) < 4.78 is 5.35. The molecule has 1 amide bonds. The van der Waals surface area contributed by atoms with Gasteiger partial charge in [0.15, 0.2) is 0 Å². The molecule has 0 N–H and O–H groups in total. The highest BCUT2D eigenvalue weighted by atomic mass is 35.5. The Morgan fingerprint density at radius 3 is 2.52 bits per heavy atom. The average Bonchev–Trinajstić information content (AvgIpc) is 3.06. The molecule has 1 saturated heterocycles. The smallest absolute Gasteiger partial charge is 0.410 e. The molecule has 0 spiro atoms. The van der Waals surface area contributed by atoms with Crippen molar-refractivity contribution in [3.05, 3.63) is 22.7 Å². The molecule has 2 aliphatic rings. The van der Waals surface area contributed by atoms with Crippen LogP contribution in [-0.2, 0) is 4.74 Å². The van der Waals surface area contributed by atoms with Crippen molar-refractivity contribution < 1.29 is 9.53 Å². The monoisotopic (exact) mass is 309 g/mol. The summed E-state index contributed by atoms with van der Waals surface area (Å²) in [5.74, 6) is 1.56. The van der Waals surface area contributed by atoms with Crippen molar-refractivity contribution in [1.29, 1.82) is 0 Å². The van der Waals surface area contributed by atoms with E-state index in [4.69, 9.17) is 16.3 Å². The number of likely N-dealkylation sites (tertiary alicyclic amines) is 1. The Kier molecular flexibility index (Phi) is 3.56. The maximum Gasteiger partial charge on any atom is 0.410 e. The first kappa shape index (κ1) is 14.6. The van der Waals surface area contributed by atoms with Crippen LogP contribution < -0.4 is 0 Å². The van der Waals surface area contributed by atoms with Crippen molar-refractivity contribution >= 4 is 17.7 Å². The van der Waals surface area contributed by atoms with Gasteiger partial charge in [-0.2, -0.15) is 0 Å². The van der Waals surface area contributed by atoms with Gasteiger partial charge in [0.25, 0.3) is 0 Å². The van der Waals surface area contributed by atoms with Crippen LogP contribution in [-0.4, -0.2) is 39.7 Å². The van der Waals surface area contributed by atoms with Crippen LogP contribution in [0.4, 0.5) is 4.79 Å². The number of ether oxygens (including phenoxy) is 1. The van der Waals surface area contributed by atoms with Gasteiger partial charge in [-0.1, -0.05) is 11.6 Å². The molecule has 1 aliphatic carbocycles. The number of amides is 1. The fourth-order valence-corrected chi connectivity index (χ4v) is 2.53. The quantitative estimate of drug-likeness (QED) is 0.786. The number of carbonyl (C=O) groups excluding carboxylic acids is 1. The minimum atomic E-state index is -0.459. The van der Waals surface area contributed by atoms with Gasteiger partial charge in [-0.25, -0.2) is 14.8 Å². The first-order valence-corrected chi connectivity index (χ1v) is 7.72. The molecular formula is C15H20ClN3O2. The highest BCUT2D eigenvalue weighted by Crippen LogP contribution is 2.39. The van der Waals surface area contributed by atoms with Crippen LogP contribution in [0.25, 0.3) is 0 Å². The molecule has 2 fully saturated rings. The number of aromatic nitrogens is 2. The van der Waals surface area contributed by atoms with E-state index >= 15 is 0 Å². The molecule has 1 saturated carbocycles. The summed E-state index contributed by atoms with van der Waals surface area (Å²) >= 11 is 6.08. The van der Waals surface area contributed by atoms with E-state index in [1.165, 1.54) is 0 Å². The average molecular weight is 310 g/mol. The lowest BCUT2D eigenvalue weighted by molar-refractivity contribution is 0.00786. The maximum atomic E-state index is 11.9. The zero-order valence-corrected chi connectivity index (χ0v) is 13.4. The Bertz CT molecular complexity index is 561. The van der Waals surface area contributed by atoms with Gasteiger partial charge in [-0.05, 0) is 39.7 Å². The second-order valence-electron chi connectivity index (χ2n) is 6.83. The number of rotatable bonds is 2. The van der Waals surface area contributed by atoms with Crippen molar-refractivity contribution in [2.24, 2.45) is 0 Å². The van der Waals surface area contributed by atoms with E-state index in [2.05, 4.69) is 9.97 Å². The zero-order valence-electron chi connectivity index (χ0n) is 12.6. The lowest BCUT2D eigenvalue weighted by Crippen LogP contribution is -2.50. The zero-order chi connectivity index (χ0) is 15.2. The molecule has 0 unspecified atom stereocenters. The van der Waals surface area contributed by atoms with E-state index in [0.29, 0.717) is 24.2 Å². The van der Waals surface area contributed by atoms with E-state index in [1.807, 2.05) is 26.8 Å². The molecule has 1 aromatic rings. The maximum absolute atomic E-state index is 11.9. The highest BCUT2D eigenvalue weighted by molar-refractivity contribution is 6.29. The van der Waals surface area contributed by atoms with Gasteiger partial charge in [0.05, 0.1) is 5.69 Å². The lowest BCUT2D eigenvalue weighted by atomic mass is 9.96. The molecule has 21 heavy (non-hydrogen) atoms. The summed E-state index contributed by atoms with van der Waals surface area (Å²) in [5.41, 5.74) is 0.483. The van der Waals surface area contributed by atoms with Crippen molar-refractivity contribution in [2.45, 2.75) is 51.0 Å². The van der Waals surface area contributed by atoms with E-state index in [-0.39, 0.29) is 12.0 Å². The van der Waals surface area contributed by atoms with E-state index in [9.17, 15) is 4.79 Å². The third-order valence-electron chi connectivity index (χ3n) is 3.63. The summed E-state index contributed by atoms with van der Waals surface area (Å²) in [6.07, 6.45) is 2.03. The van der Waals surface area contributed by atoms with Crippen LogP contribution in [0.3, 0.4) is 0 Å². The van der Waals surface area contributed by atoms with Crippen molar-refractivity contribution in [1.82, 2.24) is 14.9 Å². The summed E-state index contributed by atoms with van der Waals surface area (Å²) in [4.78, 5) is 22.5. The van der Waals surface area contributed by atoms with Gasteiger partial charge in [-0.3, -0.25) is 0 Å². The molecule has 1 aromatic heterocycles. The number of carbonyl (C=O) groups is 1. The van der Waals surface area contributed by atoms with Crippen molar-refractivity contribution in [3.63, 3.8) is 0 Å². The van der Waals surface area contributed by atoms with Gasteiger partial charge in [0.2, 0.25) is 0 Å². The van der Waals surface area contributed by atoms with Crippen LogP contribution >= 0.6 is 11.6 Å². The van der Waals surface area contributed by atoms with Crippen molar-refractivity contribution in [2.75, 3.05) is 13.1 Å². The van der Waals surface area contributed by atoms with Gasteiger partial charge in [0.1, 0.15) is 16.6 Å². The first-order chi connectivity index (χ1) is 9.82. The van der Waals surface area contributed by atoms with Crippen LogP contribution in [0, 0.1) is 0 Å². The molecule has 6 heteroatoms. The summed E-state index contributed by atoms with van der Waals surface area (Å²) in [5, 5.41) is 0.498. The molecule has 0 bridgehead atoms. The third kappa shape index (κ3) is 3.46. The molecule has 1 aliphatic heterocycles. The molecule has 2 heterocycles. The summed E-state index contributed by atoms with van der Waals surface area (Å²) in [6, 6.07) is 1.81. The van der Waals surface area contributed by atoms with E-state index in [1.54, 1.807) is 4.90 Å². The predicted molar refractivity (Wildman–Crippen MR) is 79.6 cm³/mol. The third-order valence-corrected chi connectivity index (χ3v) is 3.82. The second kappa shape index (κ2) is 5.13. The van der Waals surface area contributed by atoms with Crippen LogP contribution in [0.2, 0.25) is 5.15 Å². The summed E-state index contributed by atoms with van der Waals surface area (Å²) in [7, 11) is 0. The Labute approximate surface area is 129 Å². The fourth-order valence-electron chi connectivity index (χ4n) is 2.33. The van der Waals surface area contributed by atoms with Crippen molar-refractivity contribution in [3.8, 4) is 0 Å². The first-order valence-electron chi connectivity index (χ1n) is 7.34. The van der Waals surface area contributed by atoms with Crippen LogP contribution in [0.1, 0.15) is 57.0 Å². The lowest BCUT2D eigenvalue weighted by Gasteiger charge is -2.39. The fraction of sp³-hybridized carbons (Fsp3) is 0.667. The Hall–Kier alpha value is -1.36. The Morgan fingerprint density at radius 2 is 1.95 bits per heavy atom. The van der Waals surface area contributed by atoms with Gasteiger partial charge < -0.3 is 9.64 Å². The Morgan fingerprint density at radius 1 is 1.29 bits per heavy atom. The summed E-state index contributed by atoms with van der Waals surface area (Å²) in [6.45, 7) is 6.87. The Balaban J connectivity index is 1.62. The molecule has 5 nitrogen and oxygen atoms in total. The van der Waals surface area contributed by atoms with Gasteiger partial charge in [0, 0.05) is 24.9 Å². The highest BCUT2D eigenvalue weighted by Gasteiger charge is 2.36. The molecule has 114 valence electrons.